The molecule has 0 saturated heterocycles. The summed E-state index contributed by atoms with van der Waals surface area (Å²) < 4.78 is 13.1. The van der Waals surface area contributed by atoms with Crippen LogP contribution in [0.1, 0.15) is 10.4 Å². The molecule has 0 atom stereocenters. The first-order valence-corrected chi connectivity index (χ1v) is 9.15. The highest BCUT2D eigenvalue weighted by molar-refractivity contribution is 7.19. The molecule has 0 spiro atoms. The van der Waals surface area contributed by atoms with Crippen molar-refractivity contribution in [3.8, 4) is 10.7 Å². The molecule has 6 heteroatoms. The zero-order chi connectivity index (χ0) is 16.7. The van der Waals surface area contributed by atoms with Crippen LogP contribution in [0.15, 0.2) is 41.8 Å². The Hall–Kier alpha value is -2.31. The van der Waals surface area contributed by atoms with E-state index in [1.807, 2.05) is 17.5 Å². The summed E-state index contributed by atoms with van der Waals surface area (Å²) in [5.74, 6) is 1.22. The Morgan fingerprint density at radius 3 is 2.54 bits per heavy atom. The minimum absolute atomic E-state index is 0.254. The molecule has 3 aromatic heterocycles. The number of anilines is 2. The molecule has 0 saturated carbocycles. The predicted octanol–water partition coefficient (Wildman–Crippen LogP) is 5.92. The van der Waals surface area contributed by atoms with Gasteiger partial charge in [0, 0.05) is 10.6 Å². The van der Waals surface area contributed by atoms with Crippen LogP contribution in [0, 0.1) is 19.7 Å². The molecule has 3 heterocycles. The summed E-state index contributed by atoms with van der Waals surface area (Å²) in [5.41, 5.74) is 1.98. The average molecular weight is 355 g/mol. The van der Waals surface area contributed by atoms with E-state index < -0.39 is 0 Å². The van der Waals surface area contributed by atoms with Crippen LogP contribution in [-0.4, -0.2) is 9.97 Å². The van der Waals surface area contributed by atoms with Crippen LogP contribution < -0.4 is 5.32 Å². The lowest BCUT2D eigenvalue weighted by Gasteiger charge is -2.09. The number of fused-ring (bicyclic) bond motifs is 1. The molecule has 0 fully saturated rings. The first-order valence-electron chi connectivity index (χ1n) is 7.46. The Morgan fingerprint density at radius 2 is 1.83 bits per heavy atom. The topological polar surface area (TPSA) is 37.8 Å². The van der Waals surface area contributed by atoms with Gasteiger partial charge in [-0.2, -0.15) is 0 Å². The van der Waals surface area contributed by atoms with E-state index >= 15 is 0 Å². The van der Waals surface area contributed by atoms with Gasteiger partial charge in [-0.1, -0.05) is 6.07 Å². The Labute approximate surface area is 146 Å². The van der Waals surface area contributed by atoms with Crippen LogP contribution in [0.3, 0.4) is 0 Å². The molecular formula is C18H14FN3S2. The molecule has 4 rings (SSSR count). The van der Waals surface area contributed by atoms with Crippen LogP contribution in [-0.2, 0) is 0 Å². The van der Waals surface area contributed by atoms with Gasteiger partial charge < -0.3 is 5.32 Å². The Balaban J connectivity index is 1.89. The van der Waals surface area contributed by atoms with Crippen molar-refractivity contribution in [2.45, 2.75) is 13.8 Å². The van der Waals surface area contributed by atoms with Gasteiger partial charge >= 0.3 is 0 Å². The molecule has 24 heavy (non-hydrogen) atoms. The predicted molar refractivity (Wildman–Crippen MR) is 99.9 cm³/mol. The minimum atomic E-state index is -0.254. The number of aryl methyl sites for hydroxylation is 2. The summed E-state index contributed by atoms with van der Waals surface area (Å²) in [6.45, 7) is 4.17. The monoisotopic (exact) mass is 355 g/mol. The Kier molecular flexibility index (Phi) is 3.78. The van der Waals surface area contributed by atoms with Crippen LogP contribution >= 0.6 is 22.7 Å². The molecule has 0 radical (unpaired) electrons. The lowest BCUT2D eigenvalue weighted by Crippen LogP contribution is -1.98. The summed E-state index contributed by atoms with van der Waals surface area (Å²) in [7, 11) is 0. The van der Waals surface area contributed by atoms with Gasteiger partial charge in [0.15, 0.2) is 5.82 Å². The van der Waals surface area contributed by atoms with Crippen LogP contribution in [0.5, 0.6) is 0 Å². The molecule has 120 valence electrons. The first-order chi connectivity index (χ1) is 11.6. The van der Waals surface area contributed by atoms with Crippen molar-refractivity contribution in [3.63, 3.8) is 0 Å². The molecule has 0 amide bonds. The second-order valence-corrected chi connectivity index (χ2v) is 7.62. The fourth-order valence-corrected chi connectivity index (χ4v) is 4.21. The van der Waals surface area contributed by atoms with Crippen LogP contribution in [0.25, 0.3) is 20.9 Å². The average Bonchev–Trinajstić information content (AvgIpc) is 3.19. The van der Waals surface area contributed by atoms with Crippen LogP contribution in [0.4, 0.5) is 15.9 Å². The lowest BCUT2D eigenvalue weighted by molar-refractivity contribution is 0.628. The molecule has 4 aromatic rings. The molecule has 0 aliphatic carbocycles. The van der Waals surface area contributed by atoms with Gasteiger partial charge in [0.2, 0.25) is 0 Å². The number of aromatic nitrogens is 2. The fourth-order valence-electron chi connectivity index (χ4n) is 2.53. The van der Waals surface area contributed by atoms with Crippen molar-refractivity contribution in [1.82, 2.24) is 9.97 Å². The van der Waals surface area contributed by atoms with E-state index in [1.165, 1.54) is 22.6 Å². The quantitative estimate of drug-likeness (QED) is 0.496. The number of halogens is 1. The Bertz CT molecular complexity index is 1010. The molecule has 1 aromatic carbocycles. The third-order valence-corrected chi connectivity index (χ3v) is 5.84. The van der Waals surface area contributed by atoms with Gasteiger partial charge in [-0.15, -0.1) is 22.7 Å². The fraction of sp³-hybridized carbons (Fsp3) is 0.111. The third kappa shape index (κ3) is 2.68. The smallest absolute Gasteiger partial charge is 0.173 e. The highest BCUT2D eigenvalue weighted by atomic mass is 32.1. The van der Waals surface area contributed by atoms with Crippen molar-refractivity contribution in [2.24, 2.45) is 0 Å². The maximum atomic E-state index is 13.1. The number of rotatable bonds is 3. The normalized spacial score (nSPS) is 11.1. The zero-order valence-electron chi connectivity index (χ0n) is 13.1. The van der Waals surface area contributed by atoms with E-state index in [4.69, 9.17) is 9.97 Å². The number of thiophene rings is 2. The summed E-state index contributed by atoms with van der Waals surface area (Å²) in [4.78, 5) is 12.7. The van der Waals surface area contributed by atoms with Crippen molar-refractivity contribution in [1.29, 1.82) is 0 Å². The maximum absolute atomic E-state index is 13.1. The van der Waals surface area contributed by atoms with E-state index in [1.54, 1.807) is 34.8 Å². The Morgan fingerprint density at radius 1 is 1.04 bits per heavy atom. The minimum Gasteiger partial charge on any atom is -0.340 e. The van der Waals surface area contributed by atoms with Gasteiger partial charge in [-0.05, 0) is 55.1 Å². The highest BCUT2D eigenvalue weighted by Gasteiger charge is 2.16. The number of nitrogens with zero attached hydrogens (tertiary/aromatic N) is 2. The highest BCUT2D eigenvalue weighted by Crippen LogP contribution is 2.36. The molecule has 0 bridgehead atoms. The van der Waals surface area contributed by atoms with Gasteiger partial charge in [0.1, 0.15) is 16.5 Å². The summed E-state index contributed by atoms with van der Waals surface area (Å²) in [6, 6.07) is 10.3. The largest absolute Gasteiger partial charge is 0.340 e. The number of hydrogen-bond acceptors (Lipinski definition) is 5. The maximum Gasteiger partial charge on any atom is 0.173 e. The van der Waals surface area contributed by atoms with Gasteiger partial charge in [0.05, 0.1) is 10.3 Å². The number of nitrogens with one attached hydrogen (secondary N) is 1. The molecule has 1 N–H and O–H groups in total. The summed E-state index contributed by atoms with van der Waals surface area (Å²) in [5, 5.41) is 6.37. The lowest BCUT2D eigenvalue weighted by atomic mass is 10.2. The van der Waals surface area contributed by atoms with Crippen LogP contribution in [0.2, 0.25) is 0 Å². The molecule has 0 unspecified atom stereocenters. The first kappa shape index (κ1) is 15.2. The van der Waals surface area contributed by atoms with E-state index in [0.717, 1.165) is 26.6 Å². The standard InChI is InChI=1S/C18H14FN3S2/c1-10-11(2)24-18-15(10)17(20-13-7-5-12(19)6-8-13)21-16(22-18)14-4-3-9-23-14/h3-9H,1-2H3,(H,20,21,22). The van der Waals surface area contributed by atoms with Crippen molar-refractivity contribution >= 4 is 44.4 Å². The van der Waals surface area contributed by atoms with Crippen molar-refractivity contribution in [2.75, 3.05) is 5.32 Å². The second kappa shape index (κ2) is 5.96. The van der Waals surface area contributed by atoms with E-state index in [9.17, 15) is 4.39 Å². The van der Waals surface area contributed by atoms with Crippen molar-refractivity contribution < 1.29 is 4.39 Å². The summed E-state index contributed by atoms with van der Waals surface area (Å²) in [6.07, 6.45) is 0. The number of hydrogen-bond donors (Lipinski definition) is 1. The van der Waals surface area contributed by atoms with Gasteiger partial charge in [-0.3, -0.25) is 0 Å². The molecule has 0 aliphatic heterocycles. The van der Waals surface area contributed by atoms with E-state index in [2.05, 4.69) is 19.2 Å². The van der Waals surface area contributed by atoms with E-state index in [0.29, 0.717) is 5.82 Å². The SMILES string of the molecule is Cc1sc2nc(-c3cccs3)nc(Nc3ccc(F)cc3)c2c1C. The van der Waals surface area contributed by atoms with Crippen molar-refractivity contribution in [3.05, 3.63) is 58.0 Å². The van der Waals surface area contributed by atoms with Gasteiger partial charge in [0.25, 0.3) is 0 Å². The zero-order valence-corrected chi connectivity index (χ0v) is 14.8. The van der Waals surface area contributed by atoms with E-state index in [-0.39, 0.29) is 5.82 Å². The van der Waals surface area contributed by atoms with Gasteiger partial charge in [-0.25, -0.2) is 14.4 Å². The summed E-state index contributed by atoms with van der Waals surface area (Å²) >= 11 is 3.29. The molecule has 3 nitrogen and oxygen atoms in total. The molecular weight excluding hydrogens is 341 g/mol. The molecule has 0 aliphatic rings. The second-order valence-electron chi connectivity index (χ2n) is 5.47. The number of benzene rings is 1. The third-order valence-electron chi connectivity index (χ3n) is 3.88.